The van der Waals surface area contributed by atoms with Gasteiger partial charge < -0.3 is 24.7 Å². The number of hydroxylamine groups is 1. The number of ether oxygens (including phenoxy) is 2. The van der Waals surface area contributed by atoms with Crippen LogP contribution in [0.15, 0.2) is 35.9 Å². The van der Waals surface area contributed by atoms with Gasteiger partial charge in [0.2, 0.25) is 0 Å². The molecule has 204 valence electrons. The molecular formula is C28H36N2O7P+. The van der Waals surface area contributed by atoms with Gasteiger partial charge in [0.15, 0.2) is 11.8 Å². The van der Waals surface area contributed by atoms with Gasteiger partial charge in [0, 0.05) is 17.7 Å². The minimum absolute atomic E-state index is 0.00403. The normalized spacial score (nSPS) is 14.0. The van der Waals surface area contributed by atoms with Crippen LogP contribution in [0.1, 0.15) is 67.2 Å². The molecule has 2 aromatic rings. The van der Waals surface area contributed by atoms with Gasteiger partial charge >= 0.3 is 20.5 Å². The number of carbonyl (C=O) groups is 2. The maximum Gasteiger partial charge on any atom is 0.457 e. The summed E-state index contributed by atoms with van der Waals surface area (Å²) in [5, 5.41) is 14.2. The molecule has 0 aliphatic carbocycles. The van der Waals surface area contributed by atoms with Crippen molar-refractivity contribution in [3.05, 3.63) is 63.7 Å². The van der Waals surface area contributed by atoms with Crippen molar-refractivity contribution >= 4 is 26.2 Å². The lowest BCUT2D eigenvalue weighted by Gasteiger charge is -2.19. The van der Waals surface area contributed by atoms with E-state index in [1.165, 1.54) is 0 Å². The third-order valence-corrected chi connectivity index (χ3v) is 7.09. The Morgan fingerprint density at radius 3 is 2.63 bits per heavy atom. The van der Waals surface area contributed by atoms with Crippen LogP contribution in [-0.4, -0.2) is 40.6 Å². The maximum absolute atomic E-state index is 12.3. The second kappa shape index (κ2) is 12.9. The molecule has 1 heterocycles. The van der Waals surface area contributed by atoms with Crippen molar-refractivity contribution in [2.24, 2.45) is 0 Å². The molecule has 0 saturated heterocycles. The topological polar surface area (TPSA) is 114 Å². The summed E-state index contributed by atoms with van der Waals surface area (Å²) in [6, 6.07) is 6.29. The zero-order chi connectivity index (χ0) is 28.0. The van der Waals surface area contributed by atoms with Crippen molar-refractivity contribution in [3.63, 3.8) is 0 Å². The number of hydrogen-bond donors (Lipinski definition) is 2. The number of nitrogens with one attached hydrogen (secondary N) is 1. The molecule has 2 aromatic carbocycles. The first kappa shape index (κ1) is 29.1. The average Bonchev–Trinajstić information content (AvgIpc) is 3.28. The summed E-state index contributed by atoms with van der Waals surface area (Å²) in [4.78, 5) is 31.3. The third-order valence-electron chi connectivity index (χ3n) is 6.43. The lowest BCUT2D eigenvalue weighted by molar-refractivity contribution is -0.157. The van der Waals surface area contributed by atoms with E-state index >= 15 is 0 Å². The van der Waals surface area contributed by atoms with Gasteiger partial charge in [-0.15, -0.1) is 0 Å². The number of nitrogens with zero attached hydrogens (tertiary/aromatic N) is 1. The molecule has 1 aliphatic heterocycles. The van der Waals surface area contributed by atoms with Gasteiger partial charge in [-0.25, -0.2) is 4.79 Å². The van der Waals surface area contributed by atoms with Crippen LogP contribution in [0.4, 0.5) is 5.69 Å². The molecule has 38 heavy (non-hydrogen) atoms. The number of esters is 2. The Bertz CT molecular complexity index is 1240. The summed E-state index contributed by atoms with van der Waals surface area (Å²) in [6.07, 6.45) is 2.90. The van der Waals surface area contributed by atoms with Crippen LogP contribution in [0.5, 0.6) is 11.5 Å². The molecule has 0 amide bonds. The number of cyclic esters (lactones) is 1. The zero-order valence-corrected chi connectivity index (χ0v) is 23.7. The highest BCUT2D eigenvalue weighted by Crippen LogP contribution is 2.38. The molecule has 1 aliphatic rings. The standard InChI is InChI=1S/C28H35N2O7P/c1-7-20-18(5)22-15-35-28(33)25(22)26(31)21(20)13-12-17(4)14-29-23-10-8-9-11-24(23)37-30(38-34)19(6)27(32)36-16(2)3/h8-12,16,19,29,31H,7,13-15H2,1-6H3/p+1/t19-/m0/s1. The molecular weight excluding hydrogens is 507 g/mol. The minimum Gasteiger partial charge on any atom is -0.507 e. The van der Waals surface area contributed by atoms with Gasteiger partial charge in [0.25, 0.3) is 0 Å². The fraction of sp³-hybridized carbons (Fsp3) is 0.429. The number of allylic oxidation sites excluding steroid dienone is 1. The van der Waals surface area contributed by atoms with E-state index in [-0.39, 0.29) is 24.0 Å². The summed E-state index contributed by atoms with van der Waals surface area (Å²) < 4.78 is 22.2. The fourth-order valence-corrected chi connectivity index (χ4v) is 4.73. The van der Waals surface area contributed by atoms with Crippen molar-refractivity contribution in [2.75, 3.05) is 11.9 Å². The Morgan fingerprint density at radius 1 is 1.26 bits per heavy atom. The fourth-order valence-electron chi connectivity index (χ4n) is 4.33. The first-order chi connectivity index (χ1) is 18.1. The van der Waals surface area contributed by atoms with Crippen LogP contribution in [0.2, 0.25) is 0 Å². The van der Waals surface area contributed by atoms with Crippen molar-refractivity contribution in [1.29, 1.82) is 0 Å². The third kappa shape index (κ3) is 6.52. The second-order valence-corrected chi connectivity index (χ2v) is 10.1. The molecule has 1 unspecified atom stereocenters. The Kier molecular flexibility index (Phi) is 9.89. The number of carbonyl (C=O) groups excluding carboxylic acids is 2. The minimum atomic E-state index is -1.02. The predicted molar refractivity (Wildman–Crippen MR) is 146 cm³/mol. The second-order valence-electron chi connectivity index (χ2n) is 9.49. The summed E-state index contributed by atoms with van der Waals surface area (Å²) in [5.74, 6) is -0.601. The van der Waals surface area contributed by atoms with Crippen LogP contribution in [-0.2, 0) is 38.3 Å². The number of phenols is 1. The summed E-state index contributed by atoms with van der Waals surface area (Å²) in [7, 11) is -1.02. The Morgan fingerprint density at radius 2 is 1.97 bits per heavy atom. The average molecular weight is 544 g/mol. The molecule has 2 atom stereocenters. The Labute approximate surface area is 225 Å². The van der Waals surface area contributed by atoms with E-state index in [9.17, 15) is 19.3 Å². The smallest absolute Gasteiger partial charge is 0.457 e. The van der Waals surface area contributed by atoms with Crippen LogP contribution in [0.25, 0.3) is 0 Å². The van der Waals surface area contributed by atoms with Gasteiger partial charge in [-0.05, 0) is 75.3 Å². The number of fused-ring (bicyclic) bond motifs is 1. The molecule has 2 N–H and O–H groups in total. The van der Waals surface area contributed by atoms with E-state index in [1.807, 2.05) is 39.0 Å². The van der Waals surface area contributed by atoms with Crippen LogP contribution >= 0.6 is 8.61 Å². The van der Waals surface area contributed by atoms with Crippen LogP contribution in [0, 0.1) is 6.92 Å². The molecule has 0 saturated carbocycles. The molecule has 3 rings (SSSR count). The highest BCUT2D eigenvalue weighted by molar-refractivity contribution is 7.20. The van der Waals surface area contributed by atoms with E-state index in [0.717, 1.165) is 39.1 Å². The van der Waals surface area contributed by atoms with Crippen molar-refractivity contribution in [3.8, 4) is 11.5 Å². The number of anilines is 1. The lowest BCUT2D eigenvalue weighted by Crippen LogP contribution is -2.37. The van der Waals surface area contributed by atoms with E-state index < -0.39 is 26.6 Å². The Hall–Kier alpha value is -3.42. The largest absolute Gasteiger partial charge is 0.507 e. The van der Waals surface area contributed by atoms with Crippen LogP contribution < -0.4 is 10.2 Å². The molecule has 10 heteroatoms. The highest BCUT2D eigenvalue weighted by atomic mass is 31.1. The molecule has 0 bridgehead atoms. The first-order valence-electron chi connectivity index (χ1n) is 12.7. The van der Waals surface area contributed by atoms with Gasteiger partial charge in [-0.3, -0.25) is 4.79 Å². The summed E-state index contributed by atoms with van der Waals surface area (Å²) >= 11 is 0. The quantitative estimate of drug-likeness (QED) is 0.157. The number of para-hydroxylation sites is 2. The maximum atomic E-state index is 12.3. The molecule has 0 radical (unpaired) electrons. The van der Waals surface area contributed by atoms with E-state index in [4.69, 9.17) is 14.3 Å². The van der Waals surface area contributed by atoms with Crippen LogP contribution in [0.3, 0.4) is 0 Å². The van der Waals surface area contributed by atoms with Gasteiger partial charge in [-0.1, -0.05) is 30.7 Å². The summed E-state index contributed by atoms with van der Waals surface area (Å²) in [5.41, 5.74) is 5.46. The monoisotopic (exact) mass is 543 g/mol. The highest BCUT2D eigenvalue weighted by Gasteiger charge is 2.33. The summed E-state index contributed by atoms with van der Waals surface area (Å²) in [6.45, 7) is 11.7. The first-order valence-corrected chi connectivity index (χ1v) is 13.5. The van der Waals surface area contributed by atoms with E-state index in [1.54, 1.807) is 32.9 Å². The number of phenolic OH excluding ortho intramolecular Hbond substituents is 1. The molecule has 9 nitrogen and oxygen atoms in total. The van der Waals surface area contributed by atoms with Gasteiger partial charge in [0.1, 0.15) is 17.9 Å². The van der Waals surface area contributed by atoms with E-state index in [2.05, 4.69) is 5.32 Å². The van der Waals surface area contributed by atoms with Crippen molar-refractivity contribution in [2.45, 2.75) is 73.1 Å². The SMILES string of the molecule is CCc1c(C)c2c(c(O)c1CC=C(C)CNc1ccccc1ON([PH+]=O)[C@@H](C)C(=O)OC(C)C)C(=O)OC2. The number of aromatic hydroxyl groups is 1. The van der Waals surface area contributed by atoms with Crippen molar-refractivity contribution < 1.29 is 33.6 Å². The molecule has 0 spiro atoms. The zero-order valence-electron chi connectivity index (χ0n) is 22.7. The van der Waals surface area contributed by atoms with Gasteiger partial charge in [0.05, 0.1) is 16.6 Å². The Balaban J connectivity index is 1.73. The lowest BCUT2D eigenvalue weighted by atomic mass is 9.89. The van der Waals surface area contributed by atoms with E-state index in [0.29, 0.717) is 24.4 Å². The molecule has 0 fully saturated rings. The number of rotatable bonds is 12. The molecule has 0 aromatic heterocycles. The number of hydrogen-bond acceptors (Lipinski definition) is 8. The predicted octanol–water partition coefficient (Wildman–Crippen LogP) is 5.41. The number of benzene rings is 2. The van der Waals surface area contributed by atoms with Gasteiger partial charge in [-0.2, -0.15) is 0 Å². The van der Waals surface area contributed by atoms with Crippen molar-refractivity contribution in [1.82, 2.24) is 4.83 Å².